The normalized spacial score (nSPS) is 17.3. The van der Waals surface area contributed by atoms with E-state index in [0.717, 1.165) is 41.2 Å². The molecule has 4 aromatic rings. The molecule has 0 aliphatic carbocycles. The molecule has 9 heteroatoms. The van der Waals surface area contributed by atoms with Crippen molar-refractivity contribution in [1.82, 2.24) is 24.5 Å². The highest BCUT2D eigenvalue weighted by Gasteiger charge is 2.49. The van der Waals surface area contributed by atoms with Crippen LogP contribution in [0.15, 0.2) is 55.0 Å². The summed E-state index contributed by atoms with van der Waals surface area (Å²) in [5.74, 6) is 1.17. The van der Waals surface area contributed by atoms with Crippen molar-refractivity contribution < 1.29 is 4.74 Å². The van der Waals surface area contributed by atoms with E-state index in [4.69, 9.17) is 15.5 Å². The second-order valence-corrected chi connectivity index (χ2v) is 9.20. The summed E-state index contributed by atoms with van der Waals surface area (Å²) in [7, 11) is 3.89. The van der Waals surface area contributed by atoms with Gasteiger partial charge in [-0.1, -0.05) is 6.07 Å². The van der Waals surface area contributed by atoms with Crippen LogP contribution in [0.4, 0.5) is 23.0 Å². The van der Waals surface area contributed by atoms with Gasteiger partial charge in [-0.3, -0.25) is 4.90 Å². The van der Waals surface area contributed by atoms with Crippen molar-refractivity contribution in [3.8, 4) is 17.0 Å². The maximum absolute atomic E-state index is 6.50. The van der Waals surface area contributed by atoms with Crippen molar-refractivity contribution >= 4 is 28.5 Å². The maximum Gasteiger partial charge on any atom is 0.227 e. The van der Waals surface area contributed by atoms with Gasteiger partial charge in [0.1, 0.15) is 5.75 Å². The number of rotatable bonds is 5. The minimum atomic E-state index is 0.295. The van der Waals surface area contributed by atoms with Gasteiger partial charge < -0.3 is 20.7 Å². The van der Waals surface area contributed by atoms with E-state index in [9.17, 15) is 0 Å². The highest BCUT2D eigenvalue weighted by atomic mass is 16.5. The second-order valence-electron chi connectivity index (χ2n) is 9.20. The Morgan fingerprint density at radius 2 is 2.06 bits per heavy atom. The number of likely N-dealkylation sites (tertiary alicyclic amines) is 1. The number of benzene rings is 1. The summed E-state index contributed by atoms with van der Waals surface area (Å²) < 4.78 is 7.54. The first-order valence-corrected chi connectivity index (χ1v) is 11.5. The van der Waals surface area contributed by atoms with Crippen LogP contribution >= 0.6 is 0 Å². The molecular weight excluding hydrogens is 428 g/mol. The Bertz CT molecular complexity index is 1360. The van der Waals surface area contributed by atoms with Crippen molar-refractivity contribution in [2.24, 2.45) is 0 Å². The summed E-state index contributed by atoms with van der Waals surface area (Å²) in [6.07, 6.45) is 7.98. The summed E-state index contributed by atoms with van der Waals surface area (Å²) >= 11 is 0. The van der Waals surface area contributed by atoms with Crippen LogP contribution in [0.25, 0.3) is 16.8 Å². The van der Waals surface area contributed by atoms with E-state index in [1.54, 1.807) is 13.3 Å². The number of nitrogens with one attached hydrogen (secondary N) is 1. The fourth-order valence-electron chi connectivity index (χ4n) is 5.25. The van der Waals surface area contributed by atoms with Gasteiger partial charge in [-0.2, -0.15) is 5.10 Å². The quantitative estimate of drug-likeness (QED) is 0.441. The lowest BCUT2D eigenvalue weighted by atomic mass is 9.86. The summed E-state index contributed by atoms with van der Waals surface area (Å²) in [6, 6.07) is 11.7. The molecule has 174 valence electrons. The Hall–Kier alpha value is -3.85. The topological polar surface area (TPSA) is 96.8 Å². The number of fused-ring (bicyclic) bond motifs is 1. The zero-order chi connectivity index (χ0) is 23.3. The summed E-state index contributed by atoms with van der Waals surface area (Å²) in [5.41, 5.74) is 11.9. The zero-order valence-corrected chi connectivity index (χ0v) is 19.4. The highest BCUT2D eigenvalue weighted by Crippen LogP contribution is 2.43. The third-order valence-corrected chi connectivity index (χ3v) is 7.21. The molecule has 2 aliphatic heterocycles. The number of aromatic nitrogens is 4. The molecule has 2 aliphatic rings. The first kappa shape index (κ1) is 20.7. The Kier molecular flexibility index (Phi) is 4.80. The number of ether oxygens (including phenoxy) is 1. The largest absolute Gasteiger partial charge is 0.494 e. The minimum Gasteiger partial charge on any atom is -0.494 e. The highest BCUT2D eigenvalue weighted by molar-refractivity contribution is 5.81. The Morgan fingerprint density at radius 3 is 2.85 bits per heavy atom. The molecule has 3 N–H and O–H groups in total. The number of nitrogens with zero attached hydrogens (tertiary/aromatic N) is 6. The van der Waals surface area contributed by atoms with E-state index in [2.05, 4.69) is 32.2 Å². The van der Waals surface area contributed by atoms with Crippen LogP contribution in [0.1, 0.15) is 12.8 Å². The number of nitrogens with two attached hydrogens (primary N) is 1. The van der Waals surface area contributed by atoms with Crippen molar-refractivity contribution in [3.05, 3.63) is 55.0 Å². The molecule has 1 aromatic carbocycles. The Morgan fingerprint density at radius 1 is 1.18 bits per heavy atom. The number of hydrogen-bond acceptors (Lipinski definition) is 8. The summed E-state index contributed by atoms with van der Waals surface area (Å²) in [5, 5.41) is 7.70. The third kappa shape index (κ3) is 3.31. The number of pyridine rings is 1. The molecule has 0 unspecified atom stereocenters. The first-order valence-electron chi connectivity index (χ1n) is 11.5. The van der Waals surface area contributed by atoms with Gasteiger partial charge in [-0.15, -0.1) is 0 Å². The predicted octanol–water partition coefficient (Wildman–Crippen LogP) is 3.41. The molecule has 2 saturated heterocycles. The van der Waals surface area contributed by atoms with Gasteiger partial charge in [0.25, 0.3) is 0 Å². The van der Waals surface area contributed by atoms with Gasteiger partial charge >= 0.3 is 0 Å². The second kappa shape index (κ2) is 7.88. The molecule has 3 aromatic heterocycles. The van der Waals surface area contributed by atoms with Crippen LogP contribution < -0.4 is 20.7 Å². The molecule has 5 heterocycles. The Labute approximate surface area is 198 Å². The standard InChI is InChI=1S/C25H28N8O/c1-31-10-5-8-25(31)15-32(16-25)22-13-23(34-2)20(12-18(22)26)30-24-27-9-7-19(29-24)17-14-28-33-11-4-3-6-21(17)33/h3-4,6-7,9,11-14H,5,8,10,15-16,26H2,1-2H3,(H,27,29,30). The molecule has 1 spiro atoms. The van der Waals surface area contributed by atoms with E-state index >= 15 is 0 Å². The van der Waals surface area contributed by atoms with Gasteiger partial charge in [0.05, 0.1) is 47.1 Å². The van der Waals surface area contributed by atoms with E-state index in [0.29, 0.717) is 22.9 Å². The third-order valence-electron chi connectivity index (χ3n) is 7.21. The van der Waals surface area contributed by atoms with Gasteiger partial charge in [-0.25, -0.2) is 14.5 Å². The lowest BCUT2D eigenvalue weighted by Gasteiger charge is -2.53. The lowest BCUT2D eigenvalue weighted by Crippen LogP contribution is -2.67. The predicted molar refractivity (Wildman–Crippen MR) is 134 cm³/mol. The van der Waals surface area contributed by atoms with E-state index in [1.807, 2.05) is 53.3 Å². The molecule has 0 amide bonds. The average molecular weight is 457 g/mol. The van der Waals surface area contributed by atoms with E-state index < -0.39 is 0 Å². The van der Waals surface area contributed by atoms with Crippen LogP contribution in [-0.4, -0.2) is 63.8 Å². The fraction of sp³-hybridized carbons (Fsp3) is 0.320. The number of hydrogen-bond donors (Lipinski definition) is 2. The zero-order valence-electron chi connectivity index (χ0n) is 19.4. The van der Waals surface area contributed by atoms with E-state index in [1.165, 1.54) is 19.4 Å². The van der Waals surface area contributed by atoms with Crippen molar-refractivity contribution in [1.29, 1.82) is 0 Å². The molecule has 6 rings (SSSR count). The smallest absolute Gasteiger partial charge is 0.227 e. The lowest BCUT2D eigenvalue weighted by molar-refractivity contribution is 0.133. The van der Waals surface area contributed by atoms with E-state index in [-0.39, 0.29) is 0 Å². The van der Waals surface area contributed by atoms with Crippen molar-refractivity contribution in [3.63, 3.8) is 0 Å². The fourth-order valence-corrected chi connectivity index (χ4v) is 5.25. The van der Waals surface area contributed by atoms with Crippen LogP contribution in [0.3, 0.4) is 0 Å². The first-order chi connectivity index (χ1) is 16.6. The molecule has 0 atom stereocenters. The molecular formula is C25H28N8O. The molecule has 2 fully saturated rings. The molecule has 0 bridgehead atoms. The van der Waals surface area contributed by atoms with Crippen LogP contribution in [0.2, 0.25) is 0 Å². The molecule has 9 nitrogen and oxygen atoms in total. The van der Waals surface area contributed by atoms with Crippen molar-refractivity contribution in [2.75, 3.05) is 49.7 Å². The molecule has 0 radical (unpaired) electrons. The van der Waals surface area contributed by atoms with Crippen LogP contribution in [0, 0.1) is 0 Å². The van der Waals surface area contributed by atoms with Gasteiger partial charge in [0.15, 0.2) is 0 Å². The number of nitrogen functional groups attached to an aromatic ring is 1. The monoisotopic (exact) mass is 456 g/mol. The maximum atomic E-state index is 6.50. The number of anilines is 4. The SMILES string of the molecule is COc1cc(N2CC3(CCCN3C)C2)c(N)cc1Nc1nccc(-c2cnn3ccccc23)n1. The Balaban J connectivity index is 1.26. The summed E-state index contributed by atoms with van der Waals surface area (Å²) in [4.78, 5) is 14.0. The van der Waals surface area contributed by atoms with Gasteiger partial charge in [0.2, 0.25) is 5.95 Å². The minimum absolute atomic E-state index is 0.295. The van der Waals surface area contributed by atoms with Crippen molar-refractivity contribution in [2.45, 2.75) is 18.4 Å². The molecule has 0 saturated carbocycles. The van der Waals surface area contributed by atoms with Gasteiger partial charge in [-0.05, 0) is 50.7 Å². The number of likely N-dealkylation sites (N-methyl/N-ethyl adjacent to an activating group) is 1. The van der Waals surface area contributed by atoms with Crippen LogP contribution in [0.5, 0.6) is 5.75 Å². The van der Waals surface area contributed by atoms with Crippen LogP contribution in [-0.2, 0) is 0 Å². The average Bonchev–Trinajstić information content (AvgIpc) is 3.42. The molecule has 34 heavy (non-hydrogen) atoms. The number of methoxy groups -OCH3 is 1. The summed E-state index contributed by atoms with van der Waals surface area (Å²) in [6.45, 7) is 3.16. The van der Waals surface area contributed by atoms with Gasteiger partial charge in [0, 0.05) is 37.1 Å².